The summed E-state index contributed by atoms with van der Waals surface area (Å²) in [6, 6.07) is 3.82. The molecule has 0 unspecified atom stereocenters. The molecule has 0 atom stereocenters. The normalized spacial score (nSPS) is 10.4. The maximum Gasteiger partial charge on any atom is 0.254 e. The molecule has 0 heterocycles. The van der Waals surface area contributed by atoms with Gasteiger partial charge in [0.15, 0.2) is 0 Å². The van der Waals surface area contributed by atoms with Gasteiger partial charge in [0, 0.05) is 31.8 Å². The summed E-state index contributed by atoms with van der Waals surface area (Å²) in [5.74, 6) is -0.556. The Morgan fingerprint density at radius 1 is 1.26 bits per heavy atom. The van der Waals surface area contributed by atoms with E-state index in [0.717, 1.165) is 0 Å². The molecule has 1 amide bonds. The van der Waals surface area contributed by atoms with Gasteiger partial charge in [0.25, 0.3) is 5.91 Å². The lowest BCUT2D eigenvalue weighted by Crippen LogP contribution is -2.35. The van der Waals surface area contributed by atoms with Crippen molar-refractivity contribution in [3.63, 3.8) is 0 Å². The Labute approximate surface area is 112 Å². The van der Waals surface area contributed by atoms with Gasteiger partial charge in [-0.3, -0.25) is 4.79 Å². The van der Waals surface area contributed by atoms with Crippen LogP contribution in [-0.4, -0.2) is 54.4 Å². The van der Waals surface area contributed by atoms with Crippen molar-refractivity contribution < 1.29 is 19.7 Å². The maximum absolute atomic E-state index is 12.3. The Morgan fingerprint density at radius 2 is 1.89 bits per heavy atom. The summed E-state index contributed by atoms with van der Waals surface area (Å²) in [4.78, 5) is 13.9. The van der Waals surface area contributed by atoms with E-state index in [-0.39, 0.29) is 23.0 Å². The minimum Gasteiger partial charge on any atom is -0.508 e. The summed E-state index contributed by atoms with van der Waals surface area (Å²) in [5.41, 5.74) is 5.68. The van der Waals surface area contributed by atoms with Gasteiger partial charge >= 0.3 is 0 Å². The molecule has 106 valence electrons. The van der Waals surface area contributed by atoms with Gasteiger partial charge in [-0.1, -0.05) is 0 Å². The topological polar surface area (TPSA) is 96.0 Å². The fourth-order valence-corrected chi connectivity index (χ4v) is 1.70. The number of ether oxygens (including phenoxy) is 1. The zero-order valence-corrected chi connectivity index (χ0v) is 11.0. The first-order valence-electron chi connectivity index (χ1n) is 6.09. The fourth-order valence-electron chi connectivity index (χ4n) is 1.70. The molecular formula is C13H20N2O4. The van der Waals surface area contributed by atoms with Crippen molar-refractivity contribution in [2.75, 3.05) is 33.4 Å². The first-order valence-corrected chi connectivity index (χ1v) is 6.09. The van der Waals surface area contributed by atoms with E-state index in [1.54, 1.807) is 12.0 Å². The Morgan fingerprint density at radius 3 is 2.42 bits per heavy atom. The van der Waals surface area contributed by atoms with Crippen molar-refractivity contribution in [1.82, 2.24) is 4.90 Å². The fraction of sp³-hybridized carbons (Fsp3) is 0.462. The highest BCUT2D eigenvalue weighted by atomic mass is 16.5. The number of benzene rings is 1. The second-order valence-electron chi connectivity index (χ2n) is 4.17. The van der Waals surface area contributed by atoms with E-state index < -0.39 is 0 Å². The molecule has 0 aliphatic rings. The SMILES string of the molecule is COCCN(CCCN)C(=O)c1cc(O)cc(O)c1. The van der Waals surface area contributed by atoms with E-state index in [0.29, 0.717) is 32.7 Å². The molecule has 1 aromatic rings. The first-order chi connectivity index (χ1) is 9.08. The van der Waals surface area contributed by atoms with E-state index >= 15 is 0 Å². The van der Waals surface area contributed by atoms with E-state index in [4.69, 9.17) is 10.5 Å². The molecule has 1 rings (SSSR count). The number of phenolic OH excluding ortho intramolecular Hbond substituents is 2. The average molecular weight is 268 g/mol. The molecule has 0 aliphatic heterocycles. The zero-order valence-electron chi connectivity index (χ0n) is 11.0. The highest BCUT2D eigenvalue weighted by Gasteiger charge is 2.16. The Bertz CT molecular complexity index is 395. The molecule has 1 aromatic carbocycles. The number of methoxy groups -OCH3 is 1. The lowest BCUT2D eigenvalue weighted by Gasteiger charge is -2.22. The van der Waals surface area contributed by atoms with E-state index in [2.05, 4.69) is 0 Å². The van der Waals surface area contributed by atoms with Gasteiger partial charge in [-0.15, -0.1) is 0 Å². The zero-order chi connectivity index (χ0) is 14.3. The van der Waals surface area contributed by atoms with E-state index in [9.17, 15) is 15.0 Å². The molecule has 0 aromatic heterocycles. The quantitative estimate of drug-likeness (QED) is 0.670. The molecule has 0 aliphatic carbocycles. The van der Waals surface area contributed by atoms with Crippen molar-refractivity contribution >= 4 is 5.91 Å². The number of rotatable bonds is 7. The van der Waals surface area contributed by atoms with Crippen LogP contribution in [0.4, 0.5) is 0 Å². The van der Waals surface area contributed by atoms with Crippen molar-refractivity contribution in [3.8, 4) is 11.5 Å². The summed E-state index contributed by atoms with van der Waals surface area (Å²) >= 11 is 0. The monoisotopic (exact) mass is 268 g/mol. The third-order valence-corrected chi connectivity index (χ3v) is 2.63. The van der Waals surface area contributed by atoms with Gasteiger partial charge in [0.1, 0.15) is 11.5 Å². The minimum atomic E-state index is -0.267. The number of aromatic hydroxyl groups is 2. The van der Waals surface area contributed by atoms with Crippen molar-refractivity contribution in [3.05, 3.63) is 23.8 Å². The van der Waals surface area contributed by atoms with Crippen LogP contribution in [0.5, 0.6) is 11.5 Å². The smallest absolute Gasteiger partial charge is 0.254 e. The number of hydrogen-bond donors (Lipinski definition) is 3. The van der Waals surface area contributed by atoms with Crippen molar-refractivity contribution in [2.24, 2.45) is 5.73 Å². The van der Waals surface area contributed by atoms with Crippen molar-refractivity contribution in [2.45, 2.75) is 6.42 Å². The second kappa shape index (κ2) is 7.60. The van der Waals surface area contributed by atoms with E-state index in [1.807, 2.05) is 0 Å². The number of nitrogens with two attached hydrogens (primary N) is 1. The standard InChI is InChI=1S/C13H20N2O4/c1-19-6-5-15(4-2-3-14)13(18)10-7-11(16)9-12(17)8-10/h7-9,16-17H,2-6,14H2,1H3. The molecule has 6 nitrogen and oxygen atoms in total. The van der Waals surface area contributed by atoms with Crippen LogP contribution >= 0.6 is 0 Å². The van der Waals surface area contributed by atoms with Crippen LogP contribution in [0.2, 0.25) is 0 Å². The number of amides is 1. The van der Waals surface area contributed by atoms with Crippen LogP contribution in [0.1, 0.15) is 16.8 Å². The lowest BCUT2D eigenvalue weighted by atomic mass is 10.1. The van der Waals surface area contributed by atoms with Crippen molar-refractivity contribution in [1.29, 1.82) is 0 Å². The number of carbonyl (C=O) groups excluding carboxylic acids is 1. The molecule has 4 N–H and O–H groups in total. The van der Waals surface area contributed by atoms with E-state index in [1.165, 1.54) is 18.2 Å². The summed E-state index contributed by atoms with van der Waals surface area (Å²) in [6.07, 6.45) is 0.681. The van der Waals surface area contributed by atoms with Crippen LogP contribution in [0, 0.1) is 0 Å². The third-order valence-electron chi connectivity index (χ3n) is 2.63. The molecular weight excluding hydrogens is 248 g/mol. The lowest BCUT2D eigenvalue weighted by molar-refractivity contribution is 0.0694. The average Bonchev–Trinajstić information content (AvgIpc) is 2.37. The Kier molecular flexibility index (Phi) is 6.11. The third kappa shape index (κ3) is 4.76. The number of nitrogens with zero attached hydrogens (tertiary/aromatic N) is 1. The van der Waals surface area contributed by atoms with Gasteiger partial charge in [0.2, 0.25) is 0 Å². The highest BCUT2D eigenvalue weighted by molar-refractivity contribution is 5.95. The minimum absolute atomic E-state index is 0.145. The van der Waals surface area contributed by atoms with Gasteiger partial charge in [-0.25, -0.2) is 0 Å². The predicted octanol–water partition coefficient (Wildman–Crippen LogP) is 0.535. The molecule has 0 radical (unpaired) electrons. The molecule has 0 bridgehead atoms. The first kappa shape index (κ1) is 15.3. The number of carbonyl (C=O) groups is 1. The van der Waals surface area contributed by atoms with Crippen LogP contribution in [0.25, 0.3) is 0 Å². The second-order valence-corrected chi connectivity index (χ2v) is 4.17. The molecule has 19 heavy (non-hydrogen) atoms. The Hall–Kier alpha value is -1.79. The summed E-state index contributed by atoms with van der Waals surface area (Å²) < 4.78 is 4.96. The largest absolute Gasteiger partial charge is 0.508 e. The van der Waals surface area contributed by atoms with Gasteiger partial charge in [-0.05, 0) is 25.1 Å². The summed E-state index contributed by atoms with van der Waals surface area (Å²) in [6.45, 7) is 1.85. The Balaban J connectivity index is 2.84. The van der Waals surface area contributed by atoms with Gasteiger partial charge < -0.3 is 25.6 Å². The molecule has 0 saturated heterocycles. The molecule has 0 spiro atoms. The van der Waals surface area contributed by atoms with Crippen LogP contribution in [0.3, 0.4) is 0 Å². The van der Waals surface area contributed by atoms with Gasteiger partial charge in [-0.2, -0.15) is 0 Å². The summed E-state index contributed by atoms with van der Waals surface area (Å²) in [5, 5.41) is 18.8. The highest BCUT2D eigenvalue weighted by Crippen LogP contribution is 2.21. The number of phenols is 2. The van der Waals surface area contributed by atoms with Gasteiger partial charge in [0.05, 0.1) is 6.61 Å². The number of hydrogen-bond acceptors (Lipinski definition) is 5. The predicted molar refractivity (Wildman–Crippen MR) is 71.2 cm³/mol. The van der Waals surface area contributed by atoms with Crippen LogP contribution in [0.15, 0.2) is 18.2 Å². The van der Waals surface area contributed by atoms with Crippen LogP contribution < -0.4 is 5.73 Å². The molecule has 6 heteroatoms. The molecule has 0 saturated carbocycles. The maximum atomic E-state index is 12.3. The summed E-state index contributed by atoms with van der Waals surface area (Å²) in [7, 11) is 1.56. The molecule has 0 fully saturated rings. The van der Waals surface area contributed by atoms with Crippen LogP contribution in [-0.2, 0) is 4.74 Å².